The molecule has 102 valence electrons. The molecule has 1 unspecified atom stereocenters. The van der Waals surface area contributed by atoms with Gasteiger partial charge in [-0.3, -0.25) is 0 Å². The highest BCUT2D eigenvalue weighted by molar-refractivity contribution is 5.22. The van der Waals surface area contributed by atoms with E-state index in [1.807, 2.05) is 24.7 Å². The van der Waals surface area contributed by atoms with Crippen molar-refractivity contribution in [3.05, 3.63) is 53.6 Å². The van der Waals surface area contributed by atoms with Crippen LogP contribution in [-0.4, -0.2) is 16.1 Å². The molecule has 5 heteroatoms. The number of hydrogen-bond acceptors (Lipinski definition) is 2. The van der Waals surface area contributed by atoms with Crippen molar-refractivity contribution in [1.29, 1.82) is 0 Å². The summed E-state index contributed by atoms with van der Waals surface area (Å²) in [6.45, 7) is 2.65. The Balaban J connectivity index is 2.29. The van der Waals surface area contributed by atoms with Crippen LogP contribution in [0, 0.1) is 11.6 Å². The number of hydrogen-bond donors (Lipinski definition) is 1. The molecule has 0 radical (unpaired) electrons. The predicted molar refractivity (Wildman–Crippen MR) is 69.7 cm³/mol. The van der Waals surface area contributed by atoms with Gasteiger partial charge in [-0.15, -0.1) is 0 Å². The fourth-order valence-electron chi connectivity index (χ4n) is 2.15. The number of aromatic nitrogens is 2. The van der Waals surface area contributed by atoms with Crippen LogP contribution in [0.5, 0.6) is 0 Å². The van der Waals surface area contributed by atoms with Crippen molar-refractivity contribution in [2.24, 2.45) is 7.05 Å². The summed E-state index contributed by atoms with van der Waals surface area (Å²) in [6, 6.07) is 3.72. The lowest BCUT2D eigenvalue weighted by molar-refractivity contribution is 0.475. The first-order chi connectivity index (χ1) is 9.13. The number of nitrogens with one attached hydrogen (secondary N) is 1. The topological polar surface area (TPSA) is 29.9 Å². The average Bonchev–Trinajstić information content (AvgIpc) is 2.79. The molecule has 0 saturated carbocycles. The number of benzene rings is 1. The first kappa shape index (κ1) is 13.7. The Kier molecular flexibility index (Phi) is 4.27. The minimum absolute atomic E-state index is 0.0939. The van der Waals surface area contributed by atoms with Gasteiger partial charge in [0.1, 0.15) is 17.5 Å². The van der Waals surface area contributed by atoms with Gasteiger partial charge in [-0.2, -0.15) is 0 Å². The molecule has 0 amide bonds. The van der Waals surface area contributed by atoms with Crippen LogP contribution in [-0.2, 0) is 13.5 Å². The lowest BCUT2D eigenvalue weighted by Gasteiger charge is -2.18. The van der Waals surface area contributed by atoms with Crippen molar-refractivity contribution in [1.82, 2.24) is 14.9 Å². The molecule has 1 aromatic heterocycles. The smallest absolute Gasteiger partial charge is 0.129 e. The van der Waals surface area contributed by atoms with Crippen molar-refractivity contribution in [3.63, 3.8) is 0 Å². The first-order valence-electron chi connectivity index (χ1n) is 6.27. The summed E-state index contributed by atoms with van der Waals surface area (Å²) in [5, 5.41) is 3.21. The molecule has 0 spiro atoms. The number of likely N-dealkylation sites (N-methyl/N-ethyl adjacent to an activating group) is 1. The van der Waals surface area contributed by atoms with Gasteiger partial charge < -0.3 is 9.88 Å². The molecule has 0 bridgehead atoms. The summed E-state index contributed by atoms with van der Waals surface area (Å²) in [5.74, 6) is -0.265. The maximum absolute atomic E-state index is 13.7. The third-order valence-electron chi connectivity index (χ3n) is 3.09. The van der Waals surface area contributed by atoms with E-state index in [9.17, 15) is 8.78 Å². The van der Waals surface area contributed by atoms with Crippen molar-refractivity contribution >= 4 is 0 Å². The van der Waals surface area contributed by atoms with Crippen molar-refractivity contribution in [3.8, 4) is 0 Å². The zero-order valence-corrected chi connectivity index (χ0v) is 11.0. The van der Waals surface area contributed by atoms with E-state index in [4.69, 9.17) is 0 Å². The highest BCUT2D eigenvalue weighted by Gasteiger charge is 2.19. The summed E-state index contributed by atoms with van der Waals surface area (Å²) in [7, 11) is 1.87. The van der Waals surface area contributed by atoms with E-state index in [1.54, 1.807) is 6.20 Å². The largest absolute Gasteiger partial charge is 0.337 e. The van der Waals surface area contributed by atoms with E-state index in [0.29, 0.717) is 6.54 Å². The molecule has 1 N–H and O–H groups in total. The van der Waals surface area contributed by atoms with E-state index < -0.39 is 11.6 Å². The van der Waals surface area contributed by atoms with E-state index in [0.717, 1.165) is 5.82 Å². The van der Waals surface area contributed by atoms with Crippen molar-refractivity contribution in [2.75, 3.05) is 6.54 Å². The van der Waals surface area contributed by atoms with Crippen LogP contribution >= 0.6 is 0 Å². The van der Waals surface area contributed by atoms with Gasteiger partial charge in [0.05, 0.1) is 6.04 Å². The lowest BCUT2D eigenvalue weighted by atomic mass is 10.0. The first-order valence-corrected chi connectivity index (χ1v) is 6.27. The van der Waals surface area contributed by atoms with Crippen molar-refractivity contribution in [2.45, 2.75) is 19.4 Å². The van der Waals surface area contributed by atoms with Crippen LogP contribution in [0.25, 0.3) is 0 Å². The molecule has 0 aliphatic carbocycles. The summed E-state index contributed by atoms with van der Waals surface area (Å²) in [6.07, 6.45) is 3.73. The second-order valence-corrected chi connectivity index (χ2v) is 4.41. The maximum atomic E-state index is 13.7. The molecular formula is C14H17F2N3. The fraction of sp³-hybridized carbons (Fsp3) is 0.357. The third kappa shape index (κ3) is 2.98. The van der Waals surface area contributed by atoms with Gasteiger partial charge in [0.25, 0.3) is 0 Å². The molecule has 1 aromatic carbocycles. The number of nitrogens with zero attached hydrogens (tertiary/aromatic N) is 2. The van der Waals surface area contributed by atoms with Crippen LogP contribution in [0.2, 0.25) is 0 Å². The fourth-order valence-corrected chi connectivity index (χ4v) is 2.15. The standard InChI is InChI=1S/C14H17F2N3/c1-3-17-13(14-18-7-8-19(14)2)9-10-11(15)5-4-6-12(10)16/h4-8,13,17H,3,9H2,1-2H3. The van der Waals surface area contributed by atoms with Gasteiger partial charge in [-0.25, -0.2) is 13.8 Å². The summed E-state index contributed by atoms with van der Waals surface area (Å²) in [5.41, 5.74) is 0.0939. The Bertz CT molecular complexity index is 531. The Morgan fingerprint density at radius 1 is 1.32 bits per heavy atom. The summed E-state index contributed by atoms with van der Waals surface area (Å²) in [4.78, 5) is 4.25. The molecular weight excluding hydrogens is 248 g/mol. The SMILES string of the molecule is CCNC(Cc1c(F)cccc1F)c1nccn1C. The van der Waals surface area contributed by atoms with Gasteiger partial charge in [-0.05, 0) is 18.7 Å². The number of aryl methyl sites for hydroxylation is 1. The zero-order chi connectivity index (χ0) is 13.8. The van der Waals surface area contributed by atoms with Gasteiger partial charge in [-0.1, -0.05) is 13.0 Å². The number of halogens is 2. The number of imidazole rings is 1. The number of rotatable bonds is 5. The predicted octanol–water partition coefficient (Wildman–Crippen LogP) is 2.59. The van der Waals surface area contributed by atoms with E-state index in [2.05, 4.69) is 10.3 Å². The Labute approximate surface area is 111 Å². The van der Waals surface area contributed by atoms with Gasteiger partial charge in [0.15, 0.2) is 0 Å². The zero-order valence-electron chi connectivity index (χ0n) is 11.0. The highest BCUT2D eigenvalue weighted by atomic mass is 19.1. The molecule has 0 aliphatic heterocycles. The van der Waals surface area contributed by atoms with Gasteiger partial charge >= 0.3 is 0 Å². The molecule has 1 heterocycles. The molecule has 0 aliphatic rings. The second-order valence-electron chi connectivity index (χ2n) is 4.41. The van der Waals surface area contributed by atoms with Crippen LogP contribution < -0.4 is 5.32 Å². The third-order valence-corrected chi connectivity index (χ3v) is 3.09. The summed E-state index contributed by atoms with van der Waals surface area (Å²) >= 11 is 0. The Morgan fingerprint density at radius 3 is 2.53 bits per heavy atom. The molecule has 3 nitrogen and oxygen atoms in total. The van der Waals surface area contributed by atoms with Crippen LogP contribution in [0.4, 0.5) is 8.78 Å². The highest BCUT2D eigenvalue weighted by Crippen LogP contribution is 2.21. The normalized spacial score (nSPS) is 12.6. The average molecular weight is 265 g/mol. The molecule has 19 heavy (non-hydrogen) atoms. The minimum Gasteiger partial charge on any atom is -0.337 e. The van der Waals surface area contributed by atoms with Crippen LogP contribution in [0.1, 0.15) is 24.4 Å². The molecule has 2 rings (SSSR count). The van der Waals surface area contributed by atoms with Crippen molar-refractivity contribution < 1.29 is 8.78 Å². The monoisotopic (exact) mass is 265 g/mol. The Hall–Kier alpha value is -1.75. The second kappa shape index (κ2) is 5.93. The quantitative estimate of drug-likeness (QED) is 0.900. The van der Waals surface area contributed by atoms with E-state index in [-0.39, 0.29) is 18.0 Å². The molecule has 2 aromatic rings. The maximum Gasteiger partial charge on any atom is 0.129 e. The van der Waals surface area contributed by atoms with Crippen LogP contribution in [0.15, 0.2) is 30.6 Å². The van der Waals surface area contributed by atoms with E-state index >= 15 is 0 Å². The van der Waals surface area contributed by atoms with Gasteiger partial charge in [0, 0.05) is 31.4 Å². The van der Waals surface area contributed by atoms with Gasteiger partial charge in [0.2, 0.25) is 0 Å². The Morgan fingerprint density at radius 2 is 2.00 bits per heavy atom. The molecule has 1 atom stereocenters. The van der Waals surface area contributed by atoms with Crippen LogP contribution in [0.3, 0.4) is 0 Å². The minimum atomic E-state index is -0.517. The summed E-state index contributed by atoms with van der Waals surface area (Å²) < 4.78 is 29.2. The molecule has 0 saturated heterocycles. The molecule has 0 fully saturated rings. The lowest BCUT2D eigenvalue weighted by Crippen LogP contribution is -2.26. The van der Waals surface area contributed by atoms with E-state index in [1.165, 1.54) is 18.2 Å².